The number of benzene rings is 1. The number of likely N-dealkylation sites (tertiary alicyclic amines) is 3. The van der Waals surface area contributed by atoms with Crippen molar-refractivity contribution in [2.24, 2.45) is 10.8 Å². The molecule has 0 radical (unpaired) electrons. The quantitative estimate of drug-likeness (QED) is 0.710. The van der Waals surface area contributed by atoms with Crippen molar-refractivity contribution in [3.8, 4) is 0 Å². The third-order valence-electron chi connectivity index (χ3n) is 7.99. The van der Waals surface area contributed by atoms with E-state index in [0.29, 0.717) is 32.7 Å². The van der Waals surface area contributed by atoms with Gasteiger partial charge in [0.2, 0.25) is 5.91 Å². The van der Waals surface area contributed by atoms with Crippen LogP contribution in [-0.4, -0.2) is 90.8 Å². The molecular formula is C25H36N4O3. The molecule has 0 saturated carbocycles. The molecule has 3 aliphatic heterocycles. The van der Waals surface area contributed by atoms with Gasteiger partial charge in [-0.3, -0.25) is 9.59 Å². The van der Waals surface area contributed by atoms with E-state index in [-0.39, 0.29) is 23.3 Å². The summed E-state index contributed by atoms with van der Waals surface area (Å²) in [4.78, 5) is 47.0. The van der Waals surface area contributed by atoms with Crippen LogP contribution in [0.5, 0.6) is 0 Å². The standard InChI is InChI=1S/C25H36N4O3/c1-6-27-12-9-25(22(27)31)17-29(23(32)26(4)5)16-24(25)7-10-28(11-8-24)21(30)20-14-18(2)13-19(3)15-20/h13-15H,6-12,16-17H2,1-5H3. The van der Waals surface area contributed by atoms with Gasteiger partial charge in [0, 0.05) is 64.3 Å². The highest BCUT2D eigenvalue weighted by Crippen LogP contribution is 2.58. The molecule has 1 aromatic carbocycles. The third-order valence-corrected chi connectivity index (χ3v) is 7.99. The van der Waals surface area contributed by atoms with Gasteiger partial charge in [-0.2, -0.15) is 0 Å². The molecule has 174 valence electrons. The zero-order valence-corrected chi connectivity index (χ0v) is 20.1. The first-order valence-electron chi connectivity index (χ1n) is 11.8. The van der Waals surface area contributed by atoms with Gasteiger partial charge in [0.1, 0.15) is 0 Å². The van der Waals surface area contributed by atoms with Crippen LogP contribution in [0.4, 0.5) is 4.79 Å². The summed E-state index contributed by atoms with van der Waals surface area (Å²) in [5, 5.41) is 0. The van der Waals surface area contributed by atoms with Gasteiger partial charge in [-0.1, -0.05) is 17.2 Å². The number of hydrogen-bond donors (Lipinski definition) is 0. The minimum absolute atomic E-state index is 0.0299. The molecule has 0 aliphatic carbocycles. The lowest BCUT2D eigenvalue weighted by atomic mass is 9.60. The number of nitrogens with zero attached hydrogens (tertiary/aromatic N) is 4. The predicted octanol–water partition coefficient (Wildman–Crippen LogP) is 2.76. The Morgan fingerprint density at radius 3 is 2.09 bits per heavy atom. The van der Waals surface area contributed by atoms with E-state index in [0.717, 1.165) is 42.5 Å². The van der Waals surface area contributed by atoms with Crippen molar-refractivity contribution in [3.05, 3.63) is 34.9 Å². The first-order chi connectivity index (χ1) is 15.1. The monoisotopic (exact) mass is 440 g/mol. The van der Waals surface area contributed by atoms with E-state index in [1.54, 1.807) is 19.0 Å². The molecule has 0 aromatic heterocycles. The molecule has 1 atom stereocenters. The number of fused-ring (bicyclic) bond motifs is 1. The Morgan fingerprint density at radius 2 is 1.56 bits per heavy atom. The highest BCUT2D eigenvalue weighted by atomic mass is 16.2. The zero-order valence-electron chi connectivity index (χ0n) is 20.1. The SMILES string of the molecule is CCN1CCC2(CN(C(=O)N(C)C)CC23CCN(C(=O)c2cc(C)cc(C)c2)CC3)C1=O. The number of piperidine rings is 1. The molecule has 3 aliphatic rings. The molecule has 3 fully saturated rings. The lowest BCUT2D eigenvalue weighted by Crippen LogP contribution is -2.53. The summed E-state index contributed by atoms with van der Waals surface area (Å²) in [5.41, 5.74) is 2.12. The molecule has 7 heteroatoms. The van der Waals surface area contributed by atoms with Gasteiger partial charge < -0.3 is 19.6 Å². The predicted molar refractivity (Wildman–Crippen MR) is 123 cm³/mol. The van der Waals surface area contributed by atoms with Crippen LogP contribution in [0.2, 0.25) is 0 Å². The average Bonchev–Trinajstić information content (AvgIpc) is 3.25. The lowest BCUT2D eigenvalue weighted by molar-refractivity contribution is -0.141. The van der Waals surface area contributed by atoms with Crippen LogP contribution in [0.15, 0.2) is 18.2 Å². The molecule has 0 bridgehead atoms. The summed E-state index contributed by atoms with van der Waals surface area (Å²) in [6.45, 7) is 9.84. The second-order valence-electron chi connectivity index (χ2n) is 10.2. The maximum Gasteiger partial charge on any atom is 0.319 e. The number of urea groups is 1. The Bertz CT molecular complexity index is 915. The smallest absolute Gasteiger partial charge is 0.319 e. The molecule has 7 nitrogen and oxygen atoms in total. The van der Waals surface area contributed by atoms with Gasteiger partial charge in [-0.05, 0) is 52.2 Å². The lowest BCUT2D eigenvalue weighted by Gasteiger charge is -2.46. The van der Waals surface area contributed by atoms with Gasteiger partial charge >= 0.3 is 6.03 Å². The summed E-state index contributed by atoms with van der Waals surface area (Å²) in [6, 6.07) is 5.95. The molecule has 4 rings (SSSR count). The minimum Gasteiger partial charge on any atom is -0.342 e. The Hall–Kier alpha value is -2.57. The fourth-order valence-corrected chi connectivity index (χ4v) is 6.32. The highest BCUT2D eigenvalue weighted by Gasteiger charge is 2.66. The van der Waals surface area contributed by atoms with E-state index < -0.39 is 5.41 Å². The first-order valence-corrected chi connectivity index (χ1v) is 11.8. The van der Waals surface area contributed by atoms with Gasteiger partial charge in [0.05, 0.1) is 5.41 Å². The van der Waals surface area contributed by atoms with Crippen LogP contribution in [0.1, 0.15) is 47.7 Å². The molecular weight excluding hydrogens is 404 g/mol. The minimum atomic E-state index is -0.524. The van der Waals surface area contributed by atoms with Crippen molar-refractivity contribution in [3.63, 3.8) is 0 Å². The maximum atomic E-state index is 13.6. The second-order valence-corrected chi connectivity index (χ2v) is 10.2. The first kappa shape index (κ1) is 22.6. The molecule has 4 amide bonds. The second kappa shape index (κ2) is 8.09. The number of carbonyl (C=O) groups is 3. The molecule has 1 unspecified atom stereocenters. The molecule has 2 spiro atoms. The molecule has 32 heavy (non-hydrogen) atoms. The Morgan fingerprint density at radius 1 is 0.938 bits per heavy atom. The fourth-order valence-electron chi connectivity index (χ4n) is 6.32. The van der Waals surface area contributed by atoms with Crippen molar-refractivity contribution in [2.75, 3.05) is 53.4 Å². The van der Waals surface area contributed by atoms with Crippen LogP contribution in [0, 0.1) is 24.7 Å². The van der Waals surface area contributed by atoms with Crippen LogP contribution in [0.3, 0.4) is 0 Å². The number of carbonyl (C=O) groups excluding carboxylic acids is 3. The van der Waals surface area contributed by atoms with Crippen LogP contribution < -0.4 is 0 Å². The van der Waals surface area contributed by atoms with Crippen molar-refractivity contribution in [1.82, 2.24) is 19.6 Å². The molecule has 0 N–H and O–H groups in total. The zero-order chi connectivity index (χ0) is 23.3. The highest BCUT2D eigenvalue weighted by molar-refractivity contribution is 5.95. The summed E-state index contributed by atoms with van der Waals surface area (Å²) < 4.78 is 0. The van der Waals surface area contributed by atoms with E-state index >= 15 is 0 Å². The van der Waals surface area contributed by atoms with Crippen molar-refractivity contribution >= 4 is 17.8 Å². The van der Waals surface area contributed by atoms with E-state index in [1.165, 1.54) is 0 Å². The van der Waals surface area contributed by atoms with Crippen LogP contribution in [0.25, 0.3) is 0 Å². The fraction of sp³-hybridized carbons (Fsp3) is 0.640. The number of amides is 4. The van der Waals surface area contributed by atoms with Gasteiger partial charge in [0.15, 0.2) is 0 Å². The Kier molecular flexibility index (Phi) is 5.72. The van der Waals surface area contributed by atoms with Gasteiger partial charge in [-0.25, -0.2) is 4.79 Å². The average molecular weight is 441 g/mol. The van der Waals surface area contributed by atoms with Gasteiger partial charge in [0.25, 0.3) is 5.91 Å². The van der Waals surface area contributed by atoms with E-state index in [4.69, 9.17) is 0 Å². The summed E-state index contributed by atoms with van der Waals surface area (Å²) >= 11 is 0. The summed E-state index contributed by atoms with van der Waals surface area (Å²) in [5.74, 6) is 0.260. The van der Waals surface area contributed by atoms with E-state index in [2.05, 4.69) is 6.07 Å². The largest absolute Gasteiger partial charge is 0.342 e. The summed E-state index contributed by atoms with van der Waals surface area (Å²) in [6.07, 6.45) is 2.30. The van der Waals surface area contributed by atoms with Gasteiger partial charge in [-0.15, -0.1) is 0 Å². The summed E-state index contributed by atoms with van der Waals surface area (Å²) in [7, 11) is 3.53. The van der Waals surface area contributed by atoms with Crippen molar-refractivity contribution in [1.29, 1.82) is 0 Å². The number of hydrogen-bond acceptors (Lipinski definition) is 3. The van der Waals surface area contributed by atoms with E-state index in [9.17, 15) is 14.4 Å². The Balaban J connectivity index is 1.58. The topological polar surface area (TPSA) is 64.2 Å². The van der Waals surface area contributed by atoms with Crippen LogP contribution >= 0.6 is 0 Å². The molecule has 3 saturated heterocycles. The van der Waals surface area contributed by atoms with Crippen molar-refractivity contribution in [2.45, 2.75) is 40.0 Å². The Labute approximate surface area is 191 Å². The van der Waals surface area contributed by atoms with E-state index in [1.807, 2.05) is 47.6 Å². The molecule has 1 aromatic rings. The molecule has 3 heterocycles. The van der Waals surface area contributed by atoms with Crippen LogP contribution in [-0.2, 0) is 4.79 Å². The number of rotatable bonds is 2. The van der Waals surface area contributed by atoms with Crippen molar-refractivity contribution < 1.29 is 14.4 Å². The third kappa shape index (κ3) is 3.46. The normalized spacial score (nSPS) is 24.7. The maximum absolute atomic E-state index is 13.6. The number of aryl methyl sites for hydroxylation is 2.